The number of non-ortho nitro benzene ring substituents is 1. The van der Waals surface area contributed by atoms with E-state index < -0.39 is 0 Å². The molecule has 0 bridgehead atoms. The summed E-state index contributed by atoms with van der Waals surface area (Å²) >= 11 is 0. The molecule has 0 aliphatic rings. The van der Waals surface area contributed by atoms with Crippen molar-refractivity contribution in [3.8, 4) is 22.5 Å². The van der Waals surface area contributed by atoms with Crippen molar-refractivity contribution in [2.24, 2.45) is 0 Å². The molecule has 1 heterocycles. The Labute approximate surface area is 128 Å². The maximum Gasteiger partial charge on any atom is 0.269 e. The number of hydrogen-bond acceptors (Lipinski definition) is 2. The quantitative estimate of drug-likeness (QED) is 0.553. The summed E-state index contributed by atoms with van der Waals surface area (Å²) in [6.45, 7) is 4.15. The molecule has 1 aromatic heterocycles. The van der Waals surface area contributed by atoms with E-state index in [0.29, 0.717) is 0 Å². The second-order valence-electron chi connectivity index (χ2n) is 5.30. The zero-order valence-electron chi connectivity index (χ0n) is 12.5. The Hall–Kier alpha value is -2.88. The minimum Gasteiger partial charge on any atom is -0.354 e. The Morgan fingerprint density at radius 3 is 1.82 bits per heavy atom. The molecule has 2 aromatic carbocycles. The molecule has 0 saturated carbocycles. The highest BCUT2D eigenvalue weighted by molar-refractivity contribution is 5.75. The van der Waals surface area contributed by atoms with Gasteiger partial charge in [0.2, 0.25) is 0 Å². The molecule has 3 aromatic rings. The summed E-state index contributed by atoms with van der Waals surface area (Å²) in [6, 6.07) is 16.8. The summed E-state index contributed by atoms with van der Waals surface area (Å²) in [4.78, 5) is 13.8. The lowest BCUT2D eigenvalue weighted by molar-refractivity contribution is -0.384. The number of nitrogens with zero attached hydrogens (tertiary/aromatic N) is 1. The van der Waals surface area contributed by atoms with Crippen LogP contribution in [-0.2, 0) is 0 Å². The Balaban J connectivity index is 2.07. The SMILES string of the molecule is Cc1c(-c2ccccc2)[nH]c(-c2ccc([N+](=O)[O-])cc2)c1C. The Kier molecular flexibility index (Phi) is 3.51. The molecule has 0 fully saturated rings. The van der Waals surface area contributed by atoms with E-state index in [-0.39, 0.29) is 10.6 Å². The molecule has 0 aliphatic carbocycles. The van der Waals surface area contributed by atoms with Gasteiger partial charge in [-0.3, -0.25) is 10.1 Å². The van der Waals surface area contributed by atoms with E-state index in [2.05, 4.69) is 31.0 Å². The van der Waals surface area contributed by atoms with Gasteiger partial charge in [0.05, 0.1) is 4.92 Å². The molecule has 1 N–H and O–H groups in total. The predicted molar refractivity (Wildman–Crippen MR) is 87.8 cm³/mol. The third kappa shape index (κ3) is 2.39. The third-order valence-corrected chi connectivity index (χ3v) is 3.99. The highest BCUT2D eigenvalue weighted by atomic mass is 16.6. The summed E-state index contributed by atoms with van der Waals surface area (Å²) in [6.07, 6.45) is 0. The fraction of sp³-hybridized carbons (Fsp3) is 0.111. The molecular weight excluding hydrogens is 276 g/mol. The summed E-state index contributed by atoms with van der Waals surface area (Å²) in [5.74, 6) is 0. The van der Waals surface area contributed by atoms with Crippen LogP contribution in [0.4, 0.5) is 5.69 Å². The van der Waals surface area contributed by atoms with Crippen LogP contribution in [0.1, 0.15) is 11.1 Å². The van der Waals surface area contributed by atoms with Crippen molar-refractivity contribution in [1.29, 1.82) is 0 Å². The number of hydrogen-bond donors (Lipinski definition) is 1. The molecule has 0 radical (unpaired) electrons. The van der Waals surface area contributed by atoms with E-state index in [1.165, 1.54) is 17.7 Å². The van der Waals surface area contributed by atoms with Crippen LogP contribution < -0.4 is 0 Å². The molecule has 0 unspecified atom stereocenters. The largest absolute Gasteiger partial charge is 0.354 e. The average Bonchev–Trinajstić information content (AvgIpc) is 2.84. The van der Waals surface area contributed by atoms with Gasteiger partial charge in [0.1, 0.15) is 0 Å². The van der Waals surface area contributed by atoms with Crippen molar-refractivity contribution >= 4 is 5.69 Å². The number of aromatic amines is 1. The predicted octanol–water partition coefficient (Wildman–Crippen LogP) is 4.87. The van der Waals surface area contributed by atoms with Gasteiger partial charge in [0.15, 0.2) is 0 Å². The van der Waals surface area contributed by atoms with Gasteiger partial charge in [-0.25, -0.2) is 0 Å². The first-order valence-corrected chi connectivity index (χ1v) is 7.07. The van der Waals surface area contributed by atoms with Crippen LogP contribution >= 0.6 is 0 Å². The number of benzene rings is 2. The molecule has 0 spiro atoms. The molecule has 22 heavy (non-hydrogen) atoms. The summed E-state index contributed by atoms with van der Waals surface area (Å²) in [5.41, 5.74) is 6.64. The maximum atomic E-state index is 10.8. The lowest BCUT2D eigenvalue weighted by Gasteiger charge is -2.01. The molecule has 0 aliphatic heterocycles. The number of aromatic nitrogens is 1. The molecule has 4 nitrogen and oxygen atoms in total. The second kappa shape index (κ2) is 5.48. The number of nitro groups is 1. The van der Waals surface area contributed by atoms with Crippen LogP contribution in [0.15, 0.2) is 54.6 Å². The molecule has 0 atom stereocenters. The zero-order valence-corrected chi connectivity index (χ0v) is 12.5. The van der Waals surface area contributed by atoms with Crippen LogP contribution in [-0.4, -0.2) is 9.91 Å². The van der Waals surface area contributed by atoms with Gasteiger partial charge in [-0.1, -0.05) is 30.3 Å². The highest BCUT2D eigenvalue weighted by Crippen LogP contribution is 2.33. The van der Waals surface area contributed by atoms with E-state index in [9.17, 15) is 10.1 Å². The maximum absolute atomic E-state index is 10.8. The number of rotatable bonds is 3. The van der Waals surface area contributed by atoms with E-state index in [4.69, 9.17) is 0 Å². The second-order valence-corrected chi connectivity index (χ2v) is 5.30. The van der Waals surface area contributed by atoms with Crippen molar-refractivity contribution in [2.45, 2.75) is 13.8 Å². The van der Waals surface area contributed by atoms with Gasteiger partial charge < -0.3 is 4.98 Å². The van der Waals surface area contributed by atoms with Crippen LogP contribution in [0.5, 0.6) is 0 Å². The zero-order chi connectivity index (χ0) is 15.7. The van der Waals surface area contributed by atoms with Crippen LogP contribution in [0.3, 0.4) is 0 Å². The van der Waals surface area contributed by atoms with Crippen molar-refractivity contribution in [2.75, 3.05) is 0 Å². The van der Waals surface area contributed by atoms with Crippen molar-refractivity contribution in [3.63, 3.8) is 0 Å². The molecular formula is C18H16N2O2. The lowest BCUT2D eigenvalue weighted by atomic mass is 10.0. The van der Waals surface area contributed by atoms with Gasteiger partial charge >= 0.3 is 0 Å². The third-order valence-electron chi connectivity index (χ3n) is 3.99. The first-order valence-electron chi connectivity index (χ1n) is 7.07. The minimum atomic E-state index is -0.383. The molecule has 110 valence electrons. The first kappa shape index (κ1) is 14.1. The fourth-order valence-electron chi connectivity index (χ4n) is 2.62. The summed E-state index contributed by atoms with van der Waals surface area (Å²) < 4.78 is 0. The molecule has 0 amide bonds. The smallest absolute Gasteiger partial charge is 0.269 e. The number of nitro benzene ring substituents is 1. The monoisotopic (exact) mass is 292 g/mol. The van der Waals surface area contributed by atoms with Gasteiger partial charge in [-0.15, -0.1) is 0 Å². The standard InChI is InChI=1S/C18H16N2O2/c1-12-13(2)18(15-8-10-16(11-9-15)20(21)22)19-17(12)14-6-4-3-5-7-14/h3-11,19H,1-2H3. The number of H-pyrrole nitrogens is 1. The van der Waals surface area contributed by atoms with E-state index in [1.54, 1.807) is 12.1 Å². The Morgan fingerprint density at radius 1 is 0.818 bits per heavy atom. The van der Waals surface area contributed by atoms with Crippen molar-refractivity contribution in [1.82, 2.24) is 4.98 Å². The fourth-order valence-corrected chi connectivity index (χ4v) is 2.62. The summed E-state index contributed by atoms with van der Waals surface area (Å²) in [5, 5.41) is 10.8. The van der Waals surface area contributed by atoms with E-state index in [1.807, 2.05) is 18.2 Å². The Morgan fingerprint density at radius 2 is 1.32 bits per heavy atom. The highest BCUT2D eigenvalue weighted by Gasteiger charge is 2.14. The van der Waals surface area contributed by atoms with E-state index >= 15 is 0 Å². The average molecular weight is 292 g/mol. The van der Waals surface area contributed by atoms with Crippen LogP contribution in [0.25, 0.3) is 22.5 Å². The minimum absolute atomic E-state index is 0.105. The normalized spacial score (nSPS) is 10.6. The van der Waals surface area contributed by atoms with Gasteiger partial charge in [0, 0.05) is 23.5 Å². The van der Waals surface area contributed by atoms with Gasteiger partial charge in [-0.05, 0) is 48.2 Å². The summed E-state index contributed by atoms with van der Waals surface area (Å²) in [7, 11) is 0. The first-order chi connectivity index (χ1) is 10.6. The van der Waals surface area contributed by atoms with Gasteiger partial charge in [-0.2, -0.15) is 0 Å². The van der Waals surface area contributed by atoms with Gasteiger partial charge in [0.25, 0.3) is 5.69 Å². The lowest BCUT2D eigenvalue weighted by Crippen LogP contribution is -1.88. The van der Waals surface area contributed by atoms with E-state index in [0.717, 1.165) is 28.1 Å². The molecule has 4 heteroatoms. The number of nitrogens with one attached hydrogen (secondary N) is 1. The molecule has 3 rings (SSSR count). The van der Waals surface area contributed by atoms with Crippen LogP contribution in [0.2, 0.25) is 0 Å². The van der Waals surface area contributed by atoms with Crippen molar-refractivity contribution in [3.05, 3.63) is 75.8 Å². The molecule has 0 saturated heterocycles. The van der Waals surface area contributed by atoms with Crippen molar-refractivity contribution < 1.29 is 4.92 Å². The Bertz CT molecular complexity index is 818. The van der Waals surface area contributed by atoms with Crippen LogP contribution in [0, 0.1) is 24.0 Å². The topological polar surface area (TPSA) is 58.9 Å².